The molecule has 4 heteroatoms. The van der Waals surface area contributed by atoms with E-state index in [1.54, 1.807) is 0 Å². The second-order valence-electron chi connectivity index (χ2n) is 4.81. The Morgan fingerprint density at radius 1 is 1.17 bits per heavy atom. The molecule has 1 aliphatic rings. The van der Waals surface area contributed by atoms with Crippen LogP contribution in [0.4, 0.5) is 5.69 Å². The third kappa shape index (κ3) is 3.32. The summed E-state index contributed by atoms with van der Waals surface area (Å²) in [5.41, 5.74) is 6.76. The number of hydrogen-bond acceptors (Lipinski definition) is 2. The average Bonchev–Trinajstić information content (AvgIpc) is 2.84. The third-order valence-electron chi connectivity index (χ3n) is 3.33. The normalized spacial score (nSPS) is 15.6. The maximum Gasteiger partial charge on any atom is 0.227 e. The number of nitrogens with two attached hydrogens (primary N) is 1. The van der Waals surface area contributed by atoms with E-state index in [9.17, 15) is 9.59 Å². The van der Waals surface area contributed by atoms with Gasteiger partial charge in [0.1, 0.15) is 0 Å². The molecule has 0 atom stereocenters. The van der Waals surface area contributed by atoms with Gasteiger partial charge >= 0.3 is 0 Å². The summed E-state index contributed by atoms with van der Waals surface area (Å²) in [6.07, 6.45) is 4.51. The van der Waals surface area contributed by atoms with Crippen molar-refractivity contribution in [3.63, 3.8) is 0 Å². The fourth-order valence-corrected chi connectivity index (χ4v) is 2.34. The zero-order valence-corrected chi connectivity index (χ0v) is 10.3. The highest BCUT2D eigenvalue weighted by atomic mass is 16.2. The molecule has 1 aliphatic carbocycles. The molecule has 1 aromatic rings. The van der Waals surface area contributed by atoms with E-state index in [1.165, 1.54) is 0 Å². The van der Waals surface area contributed by atoms with Crippen LogP contribution < -0.4 is 11.1 Å². The molecule has 3 N–H and O–H groups in total. The first-order valence-electron chi connectivity index (χ1n) is 6.33. The fourth-order valence-electron chi connectivity index (χ4n) is 2.34. The van der Waals surface area contributed by atoms with E-state index in [4.69, 9.17) is 5.73 Å². The number of amides is 2. The van der Waals surface area contributed by atoms with Crippen LogP contribution in [0.1, 0.15) is 31.2 Å². The van der Waals surface area contributed by atoms with E-state index >= 15 is 0 Å². The summed E-state index contributed by atoms with van der Waals surface area (Å²) in [5.74, 6) is -0.0804. The van der Waals surface area contributed by atoms with Crippen molar-refractivity contribution in [2.24, 2.45) is 11.7 Å². The van der Waals surface area contributed by atoms with Gasteiger partial charge in [0.2, 0.25) is 11.8 Å². The quantitative estimate of drug-likeness (QED) is 0.850. The Kier molecular flexibility index (Phi) is 3.97. The molecule has 0 saturated heterocycles. The first kappa shape index (κ1) is 12.6. The Bertz CT molecular complexity index is 434. The molecule has 18 heavy (non-hydrogen) atoms. The van der Waals surface area contributed by atoms with Crippen LogP contribution >= 0.6 is 0 Å². The Hall–Kier alpha value is -1.84. The molecular formula is C14H18N2O2. The molecule has 0 aliphatic heterocycles. The second-order valence-corrected chi connectivity index (χ2v) is 4.81. The highest BCUT2D eigenvalue weighted by Gasteiger charge is 2.22. The van der Waals surface area contributed by atoms with Gasteiger partial charge < -0.3 is 11.1 Å². The van der Waals surface area contributed by atoms with Crippen molar-refractivity contribution >= 4 is 17.5 Å². The first-order chi connectivity index (χ1) is 8.65. The van der Waals surface area contributed by atoms with Gasteiger partial charge in [0, 0.05) is 11.6 Å². The molecule has 1 aromatic carbocycles. The minimum absolute atomic E-state index is 0.107. The van der Waals surface area contributed by atoms with Crippen molar-refractivity contribution in [2.45, 2.75) is 32.1 Å². The summed E-state index contributed by atoms with van der Waals surface area (Å²) in [6, 6.07) is 7.25. The number of rotatable bonds is 4. The van der Waals surface area contributed by atoms with Crippen LogP contribution in [-0.4, -0.2) is 11.8 Å². The molecule has 2 amide bonds. The van der Waals surface area contributed by atoms with Gasteiger partial charge in [-0.25, -0.2) is 0 Å². The third-order valence-corrected chi connectivity index (χ3v) is 3.33. The topological polar surface area (TPSA) is 72.2 Å². The molecule has 0 bridgehead atoms. The lowest BCUT2D eigenvalue weighted by Gasteiger charge is -2.10. The Balaban J connectivity index is 1.93. The van der Waals surface area contributed by atoms with Crippen molar-refractivity contribution in [1.82, 2.24) is 0 Å². The van der Waals surface area contributed by atoms with Gasteiger partial charge in [0.05, 0.1) is 6.42 Å². The van der Waals surface area contributed by atoms with Gasteiger partial charge in [-0.05, 0) is 30.5 Å². The minimum Gasteiger partial charge on any atom is -0.369 e. The molecule has 0 radical (unpaired) electrons. The number of carbonyl (C=O) groups excluding carboxylic acids is 2. The summed E-state index contributed by atoms with van der Waals surface area (Å²) in [4.78, 5) is 22.7. The SMILES string of the molecule is NC(=O)Cc1ccc(NC(=O)C2CCCC2)cc1. The molecular weight excluding hydrogens is 228 g/mol. The molecule has 0 spiro atoms. The molecule has 0 unspecified atom stereocenters. The number of hydrogen-bond donors (Lipinski definition) is 2. The van der Waals surface area contributed by atoms with E-state index in [1.807, 2.05) is 24.3 Å². The molecule has 96 valence electrons. The highest BCUT2D eigenvalue weighted by Crippen LogP contribution is 2.26. The summed E-state index contributed by atoms with van der Waals surface area (Å²) in [6.45, 7) is 0. The summed E-state index contributed by atoms with van der Waals surface area (Å²) in [5, 5.41) is 2.91. The fraction of sp³-hybridized carbons (Fsp3) is 0.429. The molecule has 1 fully saturated rings. The number of anilines is 1. The molecule has 0 heterocycles. The van der Waals surface area contributed by atoms with Gasteiger partial charge in [-0.15, -0.1) is 0 Å². The van der Waals surface area contributed by atoms with E-state index < -0.39 is 0 Å². The van der Waals surface area contributed by atoms with E-state index in [0.29, 0.717) is 0 Å². The van der Waals surface area contributed by atoms with Crippen molar-refractivity contribution in [3.05, 3.63) is 29.8 Å². The van der Waals surface area contributed by atoms with E-state index in [2.05, 4.69) is 5.32 Å². The lowest BCUT2D eigenvalue weighted by molar-refractivity contribution is -0.119. The smallest absolute Gasteiger partial charge is 0.227 e. The van der Waals surface area contributed by atoms with Crippen molar-refractivity contribution in [3.8, 4) is 0 Å². The average molecular weight is 246 g/mol. The van der Waals surface area contributed by atoms with Gasteiger partial charge in [-0.1, -0.05) is 25.0 Å². The van der Waals surface area contributed by atoms with Gasteiger partial charge in [-0.3, -0.25) is 9.59 Å². The van der Waals surface area contributed by atoms with Crippen molar-refractivity contribution < 1.29 is 9.59 Å². The number of nitrogens with one attached hydrogen (secondary N) is 1. The van der Waals surface area contributed by atoms with Crippen LogP contribution in [-0.2, 0) is 16.0 Å². The Morgan fingerprint density at radius 3 is 2.33 bits per heavy atom. The van der Waals surface area contributed by atoms with E-state index in [-0.39, 0.29) is 24.2 Å². The maximum atomic E-state index is 11.9. The highest BCUT2D eigenvalue weighted by molar-refractivity contribution is 5.92. The monoisotopic (exact) mass is 246 g/mol. The van der Waals surface area contributed by atoms with Crippen LogP contribution in [0.5, 0.6) is 0 Å². The maximum absolute atomic E-state index is 11.9. The zero-order valence-electron chi connectivity index (χ0n) is 10.3. The van der Waals surface area contributed by atoms with Crippen LogP contribution in [0.15, 0.2) is 24.3 Å². The lowest BCUT2D eigenvalue weighted by atomic mass is 10.1. The molecule has 4 nitrogen and oxygen atoms in total. The number of benzene rings is 1. The second kappa shape index (κ2) is 5.67. The van der Waals surface area contributed by atoms with Crippen LogP contribution in [0.2, 0.25) is 0 Å². The van der Waals surface area contributed by atoms with Crippen molar-refractivity contribution in [1.29, 1.82) is 0 Å². The summed E-state index contributed by atoms with van der Waals surface area (Å²) >= 11 is 0. The van der Waals surface area contributed by atoms with Gasteiger partial charge in [0.25, 0.3) is 0 Å². The standard InChI is InChI=1S/C14H18N2O2/c15-13(17)9-10-5-7-12(8-6-10)16-14(18)11-3-1-2-4-11/h5-8,11H,1-4,9H2,(H2,15,17)(H,16,18). The Labute approximate surface area is 107 Å². The molecule has 1 saturated carbocycles. The summed E-state index contributed by atoms with van der Waals surface area (Å²) < 4.78 is 0. The predicted octanol–water partition coefficient (Wildman–Crippen LogP) is 1.84. The lowest BCUT2D eigenvalue weighted by Crippen LogP contribution is -2.20. The zero-order chi connectivity index (χ0) is 13.0. The van der Waals surface area contributed by atoms with Crippen LogP contribution in [0.25, 0.3) is 0 Å². The number of primary amides is 1. The number of carbonyl (C=O) groups is 2. The van der Waals surface area contributed by atoms with Crippen molar-refractivity contribution in [2.75, 3.05) is 5.32 Å². The first-order valence-corrected chi connectivity index (χ1v) is 6.33. The largest absolute Gasteiger partial charge is 0.369 e. The van der Waals surface area contributed by atoms with Crippen LogP contribution in [0.3, 0.4) is 0 Å². The molecule has 2 rings (SSSR count). The summed E-state index contributed by atoms with van der Waals surface area (Å²) in [7, 11) is 0. The predicted molar refractivity (Wildman–Crippen MR) is 69.9 cm³/mol. The minimum atomic E-state index is -0.349. The van der Waals surface area contributed by atoms with Gasteiger partial charge in [-0.2, -0.15) is 0 Å². The van der Waals surface area contributed by atoms with Crippen LogP contribution in [0, 0.1) is 5.92 Å². The van der Waals surface area contributed by atoms with E-state index in [0.717, 1.165) is 36.9 Å². The Morgan fingerprint density at radius 2 is 1.78 bits per heavy atom. The van der Waals surface area contributed by atoms with Gasteiger partial charge in [0.15, 0.2) is 0 Å². The molecule has 0 aromatic heterocycles.